The van der Waals surface area contributed by atoms with Crippen molar-refractivity contribution in [2.75, 3.05) is 11.5 Å². The van der Waals surface area contributed by atoms with Crippen LogP contribution in [0.4, 0.5) is 0 Å². The van der Waals surface area contributed by atoms with E-state index >= 15 is 0 Å². The van der Waals surface area contributed by atoms with E-state index in [1.54, 1.807) is 0 Å². The molecule has 0 aliphatic carbocycles. The summed E-state index contributed by atoms with van der Waals surface area (Å²) in [6.07, 6.45) is 1.27. The molecule has 1 aromatic heterocycles. The van der Waals surface area contributed by atoms with Crippen LogP contribution in [0.25, 0.3) is 11.0 Å². The minimum absolute atomic E-state index is 0.435. The van der Waals surface area contributed by atoms with E-state index in [9.17, 15) is 0 Å². The van der Waals surface area contributed by atoms with Gasteiger partial charge in [-0.2, -0.15) is 11.8 Å². The van der Waals surface area contributed by atoms with Gasteiger partial charge in [0.1, 0.15) is 5.82 Å². The number of hydrogen-bond acceptors (Lipinski definition) is 2. The molecule has 0 spiro atoms. The van der Waals surface area contributed by atoms with Crippen molar-refractivity contribution in [2.45, 2.75) is 18.8 Å². The van der Waals surface area contributed by atoms with Crippen molar-refractivity contribution in [1.29, 1.82) is 0 Å². The molecule has 1 aromatic carbocycles. The van der Waals surface area contributed by atoms with Crippen LogP contribution in [0.2, 0.25) is 5.02 Å². The average molecular weight is 301 g/mol. The first kappa shape index (κ1) is 12.6. The summed E-state index contributed by atoms with van der Waals surface area (Å²) in [5, 5.41) is 0.766. The number of imidazole rings is 1. The summed E-state index contributed by atoms with van der Waals surface area (Å²) in [5.74, 6) is 4.57. The molecule has 2 nitrogen and oxygen atoms in total. The van der Waals surface area contributed by atoms with E-state index in [1.165, 1.54) is 17.9 Å². The maximum absolute atomic E-state index is 6.31. The second-order valence-electron chi connectivity index (χ2n) is 4.61. The number of para-hydroxylation sites is 1. The van der Waals surface area contributed by atoms with Crippen molar-refractivity contribution < 1.29 is 0 Å². The highest BCUT2D eigenvalue weighted by atomic mass is 35.5. The summed E-state index contributed by atoms with van der Waals surface area (Å²) in [5.41, 5.74) is 1.98. The van der Waals surface area contributed by atoms with Crippen LogP contribution in [0.3, 0.4) is 0 Å². The molecule has 0 radical (unpaired) electrons. The zero-order valence-electron chi connectivity index (χ0n) is 9.90. The number of alkyl halides is 1. The molecule has 0 N–H and O–H groups in total. The third-order valence-electron chi connectivity index (χ3n) is 3.38. The lowest BCUT2D eigenvalue weighted by Crippen LogP contribution is -2.12. The van der Waals surface area contributed by atoms with Crippen molar-refractivity contribution in [2.24, 2.45) is 5.92 Å². The molecular weight excluding hydrogens is 287 g/mol. The van der Waals surface area contributed by atoms with Crippen molar-refractivity contribution in [3.8, 4) is 0 Å². The number of nitrogens with zero attached hydrogens (tertiary/aromatic N) is 2. The smallest absolute Gasteiger partial charge is 0.124 e. The molecule has 3 rings (SSSR count). The van der Waals surface area contributed by atoms with Gasteiger partial charge in [0, 0.05) is 6.54 Å². The largest absolute Gasteiger partial charge is 0.325 e. The van der Waals surface area contributed by atoms with E-state index in [4.69, 9.17) is 23.2 Å². The van der Waals surface area contributed by atoms with Gasteiger partial charge in [-0.25, -0.2) is 4.98 Å². The van der Waals surface area contributed by atoms with Gasteiger partial charge in [-0.15, -0.1) is 11.6 Å². The second kappa shape index (κ2) is 5.32. The van der Waals surface area contributed by atoms with Gasteiger partial charge in [-0.1, -0.05) is 17.7 Å². The number of benzene rings is 1. The Kier molecular flexibility index (Phi) is 3.73. The molecule has 1 fully saturated rings. The molecule has 1 aliphatic heterocycles. The Morgan fingerprint density at radius 1 is 1.44 bits per heavy atom. The lowest BCUT2D eigenvalue weighted by Gasteiger charge is -2.13. The summed E-state index contributed by atoms with van der Waals surface area (Å²) in [7, 11) is 0. The highest BCUT2D eigenvalue weighted by Crippen LogP contribution is 2.30. The van der Waals surface area contributed by atoms with Gasteiger partial charge in [0.25, 0.3) is 0 Å². The third kappa shape index (κ3) is 2.24. The number of aromatic nitrogens is 2. The minimum Gasteiger partial charge on any atom is -0.325 e. The summed E-state index contributed by atoms with van der Waals surface area (Å²) in [6.45, 7) is 0.981. The van der Waals surface area contributed by atoms with E-state index in [2.05, 4.69) is 9.55 Å². The molecule has 18 heavy (non-hydrogen) atoms. The van der Waals surface area contributed by atoms with E-state index in [-0.39, 0.29) is 0 Å². The molecule has 1 atom stereocenters. The number of hydrogen-bond donors (Lipinski definition) is 0. The molecule has 0 saturated carbocycles. The van der Waals surface area contributed by atoms with E-state index in [0.29, 0.717) is 11.8 Å². The van der Waals surface area contributed by atoms with Gasteiger partial charge in [0.2, 0.25) is 0 Å². The maximum Gasteiger partial charge on any atom is 0.124 e. The maximum atomic E-state index is 6.31. The predicted molar refractivity (Wildman–Crippen MR) is 79.7 cm³/mol. The number of fused-ring (bicyclic) bond motifs is 1. The fourth-order valence-electron chi connectivity index (χ4n) is 2.47. The highest BCUT2D eigenvalue weighted by molar-refractivity contribution is 7.99. The minimum atomic E-state index is 0.435. The van der Waals surface area contributed by atoms with Crippen molar-refractivity contribution >= 4 is 46.0 Å². The quantitative estimate of drug-likeness (QED) is 0.791. The van der Waals surface area contributed by atoms with Gasteiger partial charge in [0.15, 0.2) is 0 Å². The first-order valence-corrected chi connectivity index (χ1v) is 8.13. The lowest BCUT2D eigenvalue weighted by atomic mass is 10.1. The van der Waals surface area contributed by atoms with Gasteiger partial charge in [-0.3, -0.25) is 0 Å². The Bertz CT molecular complexity index is 561. The van der Waals surface area contributed by atoms with Crippen LogP contribution < -0.4 is 0 Å². The molecule has 1 saturated heterocycles. The van der Waals surface area contributed by atoms with Crippen LogP contribution in [0.5, 0.6) is 0 Å². The molecule has 1 aliphatic rings. The van der Waals surface area contributed by atoms with Crippen LogP contribution in [0.1, 0.15) is 12.2 Å². The summed E-state index contributed by atoms with van der Waals surface area (Å²) >= 11 is 14.3. The molecule has 2 aromatic rings. The lowest BCUT2D eigenvalue weighted by molar-refractivity contribution is 0.493. The molecule has 0 amide bonds. The van der Waals surface area contributed by atoms with Gasteiger partial charge in [0.05, 0.1) is 21.9 Å². The van der Waals surface area contributed by atoms with Gasteiger partial charge >= 0.3 is 0 Å². The first-order valence-electron chi connectivity index (χ1n) is 6.07. The van der Waals surface area contributed by atoms with Crippen LogP contribution in [-0.4, -0.2) is 21.1 Å². The third-order valence-corrected chi connectivity index (χ3v) is 5.16. The van der Waals surface area contributed by atoms with Crippen molar-refractivity contribution in [3.05, 3.63) is 29.0 Å². The van der Waals surface area contributed by atoms with Crippen LogP contribution in [-0.2, 0) is 12.4 Å². The highest BCUT2D eigenvalue weighted by Gasteiger charge is 2.20. The Hall–Kier alpha value is -0.380. The van der Waals surface area contributed by atoms with Crippen LogP contribution >= 0.6 is 35.0 Å². The summed E-state index contributed by atoms with van der Waals surface area (Å²) in [6, 6.07) is 5.85. The first-order chi connectivity index (χ1) is 8.79. The van der Waals surface area contributed by atoms with Crippen LogP contribution in [0, 0.1) is 5.92 Å². The Balaban J connectivity index is 2.06. The SMILES string of the molecule is ClCc1nc2cccc(Cl)c2n1CC1CCSC1. The molecule has 5 heteroatoms. The van der Waals surface area contributed by atoms with Crippen molar-refractivity contribution in [3.63, 3.8) is 0 Å². The monoisotopic (exact) mass is 300 g/mol. The Morgan fingerprint density at radius 2 is 2.33 bits per heavy atom. The molecule has 96 valence electrons. The summed E-state index contributed by atoms with van der Waals surface area (Å²) < 4.78 is 2.21. The van der Waals surface area contributed by atoms with Crippen molar-refractivity contribution in [1.82, 2.24) is 9.55 Å². The second-order valence-corrected chi connectivity index (χ2v) is 6.43. The molecule has 1 unspecified atom stereocenters. The summed E-state index contributed by atoms with van der Waals surface area (Å²) in [4.78, 5) is 4.57. The number of rotatable bonds is 3. The van der Waals surface area contributed by atoms with E-state index in [1.807, 2.05) is 30.0 Å². The predicted octanol–water partition coefficient (Wildman–Crippen LogP) is 4.18. The van der Waals surface area contributed by atoms with Crippen LogP contribution in [0.15, 0.2) is 18.2 Å². The molecule has 0 bridgehead atoms. The normalized spacial score (nSPS) is 19.8. The fraction of sp³-hybridized carbons (Fsp3) is 0.462. The van der Waals surface area contributed by atoms with Gasteiger partial charge in [-0.05, 0) is 36.0 Å². The molecule has 2 heterocycles. The van der Waals surface area contributed by atoms with E-state index < -0.39 is 0 Å². The zero-order valence-corrected chi connectivity index (χ0v) is 12.2. The average Bonchev–Trinajstić information content (AvgIpc) is 2.98. The molecular formula is C13H14Cl2N2S. The standard InChI is InChI=1S/C13H14Cl2N2S/c14-6-12-16-11-3-1-2-10(15)13(11)17(12)7-9-4-5-18-8-9/h1-3,9H,4-8H2. The van der Waals surface area contributed by atoms with E-state index in [0.717, 1.165) is 28.4 Å². The number of thioether (sulfide) groups is 1. The fourth-order valence-corrected chi connectivity index (χ4v) is 4.22. The Morgan fingerprint density at radius 3 is 3.06 bits per heavy atom. The Labute approximate surface area is 121 Å². The zero-order chi connectivity index (χ0) is 12.5. The topological polar surface area (TPSA) is 17.8 Å². The number of halogens is 2. The van der Waals surface area contributed by atoms with Gasteiger partial charge < -0.3 is 4.57 Å².